The minimum absolute atomic E-state index is 0.671. The molecule has 0 N–H and O–H groups in total. The maximum atomic E-state index is 5.84. The number of ether oxygens (including phenoxy) is 1. The van der Waals surface area contributed by atoms with E-state index in [2.05, 4.69) is 48.9 Å². The van der Waals surface area contributed by atoms with Gasteiger partial charge in [-0.05, 0) is 37.1 Å². The van der Waals surface area contributed by atoms with Crippen LogP contribution in [0.3, 0.4) is 0 Å². The Labute approximate surface area is 131 Å². The van der Waals surface area contributed by atoms with E-state index in [1.54, 1.807) is 0 Å². The molecule has 1 fully saturated rings. The zero-order chi connectivity index (χ0) is 13.2. The highest BCUT2D eigenvalue weighted by Gasteiger charge is 2.24. The highest BCUT2D eigenvalue weighted by atomic mass is 79.9. The summed E-state index contributed by atoms with van der Waals surface area (Å²) in [5.74, 6) is 1.14. The molecule has 0 bridgehead atoms. The maximum absolute atomic E-state index is 5.84. The van der Waals surface area contributed by atoms with Crippen molar-refractivity contribution in [3.63, 3.8) is 0 Å². The van der Waals surface area contributed by atoms with E-state index in [1.165, 1.54) is 41.4 Å². The summed E-state index contributed by atoms with van der Waals surface area (Å²) in [5.41, 5.74) is 2.70. The van der Waals surface area contributed by atoms with E-state index in [0.717, 1.165) is 30.7 Å². The average Bonchev–Trinajstić information content (AvgIpc) is 2.87. The number of nitrogens with zero attached hydrogens (tertiary/aromatic N) is 1. The number of alkyl halides is 1. The molecule has 1 atom stereocenters. The smallest absolute Gasteiger partial charge is 0.127 e. The normalized spacial score (nSPS) is 23.2. The Morgan fingerprint density at radius 1 is 1.32 bits per heavy atom. The fourth-order valence-corrected chi connectivity index (χ4v) is 4.41. The third-order valence-corrected chi connectivity index (χ3v) is 5.33. The number of benzene rings is 1. The lowest BCUT2D eigenvalue weighted by Gasteiger charge is -2.35. The molecule has 4 heteroatoms. The van der Waals surface area contributed by atoms with Gasteiger partial charge in [-0.3, -0.25) is 4.90 Å². The van der Waals surface area contributed by atoms with Crippen molar-refractivity contribution in [2.24, 2.45) is 0 Å². The molecule has 0 aromatic heterocycles. The Kier molecular flexibility index (Phi) is 4.50. The molecule has 1 saturated heterocycles. The van der Waals surface area contributed by atoms with E-state index in [0.29, 0.717) is 6.04 Å². The van der Waals surface area contributed by atoms with Crippen molar-refractivity contribution in [2.75, 3.05) is 18.5 Å². The van der Waals surface area contributed by atoms with E-state index < -0.39 is 0 Å². The molecule has 19 heavy (non-hydrogen) atoms. The standard InChI is InChI=1S/C15H19Br2NO/c16-9-14-3-1-2-5-18(14)10-12-8-13(17)7-11-4-6-19-15(11)12/h7-8,14H,1-6,9-10H2. The molecular weight excluding hydrogens is 370 g/mol. The van der Waals surface area contributed by atoms with E-state index in [4.69, 9.17) is 4.74 Å². The lowest BCUT2D eigenvalue weighted by Crippen LogP contribution is -2.40. The highest BCUT2D eigenvalue weighted by Crippen LogP contribution is 2.34. The number of rotatable bonds is 3. The average molecular weight is 389 g/mol. The monoisotopic (exact) mass is 387 g/mol. The second kappa shape index (κ2) is 6.15. The van der Waals surface area contributed by atoms with Gasteiger partial charge in [0.05, 0.1) is 6.61 Å². The molecule has 2 aliphatic heterocycles. The fraction of sp³-hybridized carbons (Fsp3) is 0.600. The number of piperidine rings is 1. The van der Waals surface area contributed by atoms with Gasteiger partial charge in [0.15, 0.2) is 0 Å². The summed E-state index contributed by atoms with van der Waals surface area (Å²) in [6, 6.07) is 5.10. The molecule has 1 unspecified atom stereocenters. The van der Waals surface area contributed by atoms with Gasteiger partial charge < -0.3 is 4.74 Å². The summed E-state index contributed by atoms with van der Waals surface area (Å²) >= 11 is 7.29. The maximum Gasteiger partial charge on any atom is 0.127 e. The molecule has 1 aromatic rings. The van der Waals surface area contributed by atoms with Gasteiger partial charge in [-0.1, -0.05) is 38.3 Å². The van der Waals surface area contributed by atoms with E-state index in [1.807, 2.05) is 0 Å². The molecule has 3 rings (SSSR count). The third kappa shape index (κ3) is 3.01. The van der Waals surface area contributed by atoms with Gasteiger partial charge in [-0.15, -0.1) is 0 Å². The largest absolute Gasteiger partial charge is 0.493 e. The molecule has 0 spiro atoms. The lowest BCUT2D eigenvalue weighted by atomic mass is 10.0. The van der Waals surface area contributed by atoms with Crippen LogP contribution in [0.2, 0.25) is 0 Å². The van der Waals surface area contributed by atoms with Crippen molar-refractivity contribution in [2.45, 2.75) is 38.3 Å². The van der Waals surface area contributed by atoms with Gasteiger partial charge in [0, 0.05) is 34.4 Å². The number of likely N-dealkylation sites (tertiary alicyclic amines) is 1. The topological polar surface area (TPSA) is 12.5 Å². The molecule has 2 nitrogen and oxygen atoms in total. The van der Waals surface area contributed by atoms with E-state index >= 15 is 0 Å². The van der Waals surface area contributed by atoms with Crippen LogP contribution in [0, 0.1) is 0 Å². The van der Waals surface area contributed by atoms with Crippen molar-refractivity contribution >= 4 is 31.9 Å². The van der Waals surface area contributed by atoms with Crippen LogP contribution in [0.4, 0.5) is 0 Å². The van der Waals surface area contributed by atoms with Gasteiger partial charge in [-0.2, -0.15) is 0 Å². The number of hydrogen-bond acceptors (Lipinski definition) is 2. The number of fused-ring (bicyclic) bond motifs is 1. The van der Waals surface area contributed by atoms with Crippen molar-refractivity contribution in [3.05, 3.63) is 27.7 Å². The summed E-state index contributed by atoms with van der Waals surface area (Å²) in [4.78, 5) is 2.60. The summed E-state index contributed by atoms with van der Waals surface area (Å²) < 4.78 is 7.02. The minimum atomic E-state index is 0.671. The molecule has 2 heterocycles. The Balaban J connectivity index is 1.82. The van der Waals surface area contributed by atoms with Crippen LogP contribution < -0.4 is 4.74 Å². The molecule has 104 valence electrons. The Morgan fingerprint density at radius 2 is 2.21 bits per heavy atom. The van der Waals surface area contributed by atoms with Gasteiger partial charge >= 0.3 is 0 Å². The molecule has 0 radical (unpaired) electrons. The highest BCUT2D eigenvalue weighted by molar-refractivity contribution is 9.10. The first-order valence-corrected chi connectivity index (χ1v) is 8.93. The Hall–Kier alpha value is -0.0600. The van der Waals surface area contributed by atoms with Crippen LogP contribution in [0.5, 0.6) is 5.75 Å². The van der Waals surface area contributed by atoms with Crippen LogP contribution in [0.25, 0.3) is 0 Å². The van der Waals surface area contributed by atoms with Crippen molar-refractivity contribution in [1.82, 2.24) is 4.90 Å². The van der Waals surface area contributed by atoms with Crippen LogP contribution in [-0.2, 0) is 13.0 Å². The fourth-order valence-electron chi connectivity index (χ4n) is 3.13. The van der Waals surface area contributed by atoms with E-state index in [9.17, 15) is 0 Å². The first-order chi connectivity index (χ1) is 9.28. The molecule has 1 aromatic carbocycles. The summed E-state index contributed by atoms with van der Waals surface area (Å²) in [6.07, 6.45) is 5.03. The second-order valence-electron chi connectivity index (χ2n) is 5.43. The quantitative estimate of drug-likeness (QED) is 0.721. The zero-order valence-electron chi connectivity index (χ0n) is 11.0. The van der Waals surface area contributed by atoms with Crippen molar-refractivity contribution in [1.29, 1.82) is 0 Å². The van der Waals surface area contributed by atoms with Crippen molar-refractivity contribution in [3.8, 4) is 5.75 Å². The Bertz CT molecular complexity index is 464. The molecule has 0 aliphatic carbocycles. The summed E-state index contributed by atoms with van der Waals surface area (Å²) in [5, 5.41) is 1.07. The Morgan fingerprint density at radius 3 is 3.05 bits per heavy atom. The van der Waals surface area contributed by atoms with Crippen LogP contribution >= 0.6 is 31.9 Å². The van der Waals surface area contributed by atoms with Gasteiger partial charge in [0.1, 0.15) is 5.75 Å². The van der Waals surface area contributed by atoms with Gasteiger partial charge in [0.25, 0.3) is 0 Å². The number of hydrogen-bond donors (Lipinski definition) is 0. The zero-order valence-corrected chi connectivity index (χ0v) is 14.2. The van der Waals surface area contributed by atoms with Gasteiger partial charge in [0.2, 0.25) is 0 Å². The molecule has 0 amide bonds. The van der Waals surface area contributed by atoms with Crippen LogP contribution in [-0.4, -0.2) is 29.4 Å². The van der Waals surface area contributed by atoms with Crippen LogP contribution in [0.15, 0.2) is 16.6 Å². The minimum Gasteiger partial charge on any atom is -0.493 e. The van der Waals surface area contributed by atoms with Crippen LogP contribution in [0.1, 0.15) is 30.4 Å². The first kappa shape index (κ1) is 13.9. The van der Waals surface area contributed by atoms with Gasteiger partial charge in [-0.25, -0.2) is 0 Å². The third-order valence-electron chi connectivity index (χ3n) is 4.13. The first-order valence-electron chi connectivity index (χ1n) is 7.02. The lowest BCUT2D eigenvalue weighted by molar-refractivity contribution is 0.155. The molecular formula is C15H19Br2NO. The molecule has 2 aliphatic rings. The second-order valence-corrected chi connectivity index (χ2v) is 6.99. The van der Waals surface area contributed by atoms with Crippen molar-refractivity contribution < 1.29 is 4.74 Å². The SMILES string of the molecule is BrCC1CCCCN1Cc1cc(Br)cc2c1OCC2. The predicted octanol–water partition coefficient (Wildman–Crippen LogP) is 4.13. The van der Waals surface area contributed by atoms with E-state index in [-0.39, 0.29) is 0 Å². The predicted molar refractivity (Wildman–Crippen MR) is 85.2 cm³/mol. The molecule has 0 saturated carbocycles. The number of halogens is 2. The summed E-state index contributed by atoms with van der Waals surface area (Å²) in [6.45, 7) is 3.05. The summed E-state index contributed by atoms with van der Waals surface area (Å²) in [7, 11) is 0.